The van der Waals surface area contributed by atoms with E-state index in [1.54, 1.807) is 6.92 Å². The molecule has 90 valence electrons. The van der Waals surface area contributed by atoms with Gasteiger partial charge < -0.3 is 5.11 Å². The predicted molar refractivity (Wildman–Crippen MR) is 69.8 cm³/mol. The zero-order chi connectivity index (χ0) is 12.3. The van der Waals surface area contributed by atoms with E-state index >= 15 is 0 Å². The topological polar surface area (TPSA) is 36.4 Å². The van der Waals surface area contributed by atoms with E-state index in [2.05, 4.69) is 34.1 Å². The maximum absolute atomic E-state index is 9.36. The number of fused-ring (bicyclic) bond motifs is 1. The van der Waals surface area contributed by atoms with Gasteiger partial charge in [-0.1, -0.05) is 24.3 Å². The highest BCUT2D eigenvalue weighted by atomic mass is 16.3. The molecule has 1 unspecified atom stereocenters. The molecule has 0 saturated heterocycles. The Labute approximate surface area is 102 Å². The van der Waals surface area contributed by atoms with Crippen molar-refractivity contribution < 1.29 is 5.11 Å². The molecule has 0 aliphatic carbocycles. The van der Waals surface area contributed by atoms with Gasteiger partial charge in [0.1, 0.15) is 0 Å². The lowest BCUT2D eigenvalue weighted by atomic mass is 10.1. The zero-order valence-electron chi connectivity index (χ0n) is 10.3. The van der Waals surface area contributed by atoms with Crippen molar-refractivity contribution in [3.8, 4) is 0 Å². The molecule has 3 nitrogen and oxygen atoms in total. The number of likely N-dealkylation sites (N-methyl/N-ethyl adjacent to an activating group) is 1. The largest absolute Gasteiger partial charge is 0.392 e. The Bertz CT molecular complexity index is 491. The van der Waals surface area contributed by atoms with Crippen molar-refractivity contribution in [2.24, 2.45) is 0 Å². The summed E-state index contributed by atoms with van der Waals surface area (Å²) in [6, 6.07) is 10.2. The molecule has 0 aliphatic rings. The lowest BCUT2D eigenvalue weighted by Crippen LogP contribution is -2.26. The van der Waals surface area contributed by atoms with Gasteiger partial charge in [-0.2, -0.15) is 0 Å². The normalized spacial score (nSPS) is 13.2. The Balaban J connectivity index is 2.24. The van der Waals surface area contributed by atoms with E-state index < -0.39 is 0 Å². The monoisotopic (exact) mass is 230 g/mol. The molecule has 0 saturated carbocycles. The van der Waals surface area contributed by atoms with Crippen LogP contribution in [-0.2, 0) is 6.54 Å². The Morgan fingerprint density at radius 3 is 2.82 bits per heavy atom. The van der Waals surface area contributed by atoms with Gasteiger partial charge in [0.2, 0.25) is 0 Å². The number of aliphatic hydroxyl groups excluding tert-OH is 1. The molecule has 0 aliphatic heterocycles. The first-order valence-electron chi connectivity index (χ1n) is 5.86. The van der Waals surface area contributed by atoms with Crippen molar-refractivity contribution in [1.29, 1.82) is 0 Å². The van der Waals surface area contributed by atoms with Crippen LogP contribution in [-0.4, -0.2) is 34.7 Å². The van der Waals surface area contributed by atoms with Crippen molar-refractivity contribution in [3.05, 3.63) is 42.1 Å². The second kappa shape index (κ2) is 5.25. The van der Waals surface area contributed by atoms with Gasteiger partial charge in [-0.05, 0) is 25.6 Å². The first-order valence-corrected chi connectivity index (χ1v) is 5.86. The molecule has 0 fully saturated rings. The number of aromatic nitrogens is 1. The van der Waals surface area contributed by atoms with Crippen LogP contribution in [0.15, 0.2) is 36.5 Å². The van der Waals surface area contributed by atoms with Crippen molar-refractivity contribution in [1.82, 2.24) is 9.88 Å². The van der Waals surface area contributed by atoms with E-state index in [1.807, 2.05) is 19.3 Å². The standard InChI is InChI=1S/C14H18N2O/c1-11(17)9-16(2)10-13-6-3-5-12-7-4-8-15-14(12)13/h3-8,11,17H,9-10H2,1-2H3. The Morgan fingerprint density at radius 2 is 2.06 bits per heavy atom. The molecule has 0 bridgehead atoms. The molecule has 0 radical (unpaired) electrons. The molecule has 1 N–H and O–H groups in total. The lowest BCUT2D eigenvalue weighted by Gasteiger charge is -2.18. The molecular formula is C14H18N2O. The van der Waals surface area contributed by atoms with Crippen LogP contribution in [0.2, 0.25) is 0 Å². The van der Waals surface area contributed by atoms with E-state index in [-0.39, 0.29) is 6.10 Å². The molecule has 2 aromatic rings. The van der Waals surface area contributed by atoms with Crippen LogP contribution in [0.25, 0.3) is 10.9 Å². The molecule has 17 heavy (non-hydrogen) atoms. The van der Waals surface area contributed by atoms with Crippen LogP contribution in [0, 0.1) is 0 Å². The number of benzene rings is 1. The van der Waals surface area contributed by atoms with Gasteiger partial charge in [0.15, 0.2) is 0 Å². The maximum atomic E-state index is 9.36. The molecule has 0 amide bonds. The minimum Gasteiger partial charge on any atom is -0.392 e. The summed E-state index contributed by atoms with van der Waals surface area (Å²) in [4.78, 5) is 6.53. The van der Waals surface area contributed by atoms with Gasteiger partial charge in [-0.15, -0.1) is 0 Å². The van der Waals surface area contributed by atoms with Gasteiger partial charge in [-0.3, -0.25) is 9.88 Å². The predicted octanol–water partition coefficient (Wildman–Crippen LogP) is 2.05. The summed E-state index contributed by atoms with van der Waals surface area (Å²) in [5, 5.41) is 10.5. The highest BCUT2D eigenvalue weighted by Gasteiger charge is 2.07. The van der Waals surface area contributed by atoms with Crippen LogP contribution in [0.1, 0.15) is 12.5 Å². The fourth-order valence-corrected chi connectivity index (χ4v) is 2.10. The van der Waals surface area contributed by atoms with Crippen LogP contribution in [0.4, 0.5) is 0 Å². The van der Waals surface area contributed by atoms with E-state index in [9.17, 15) is 5.11 Å². The number of hydrogen-bond donors (Lipinski definition) is 1. The van der Waals surface area contributed by atoms with Crippen molar-refractivity contribution in [3.63, 3.8) is 0 Å². The number of hydrogen-bond acceptors (Lipinski definition) is 3. The van der Waals surface area contributed by atoms with Gasteiger partial charge >= 0.3 is 0 Å². The molecule has 1 heterocycles. The second-order valence-corrected chi connectivity index (χ2v) is 4.54. The summed E-state index contributed by atoms with van der Waals surface area (Å²) in [7, 11) is 2.01. The van der Waals surface area contributed by atoms with Crippen LogP contribution in [0.3, 0.4) is 0 Å². The minimum atomic E-state index is -0.303. The van der Waals surface area contributed by atoms with Crippen molar-refractivity contribution >= 4 is 10.9 Å². The summed E-state index contributed by atoms with van der Waals surface area (Å²) in [6.07, 6.45) is 1.52. The van der Waals surface area contributed by atoms with Crippen molar-refractivity contribution in [2.75, 3.05) is 13.6 Å². The number of rotatable bonds is 4. The zero-order valence-corrected chi connectivity index (χ0v) is 10.3. The van der Waals surface area contributed by atoms with Gasteiger partial charge in [0.25, 0.3) is 0 Å². The van der Waals surface area contributed by atoms with E-state index in [0.717, 1.165) is 17.4 Å². The Kier molecular flexibility index (Phi) is 3.71. The molecule has 3 heteroatoms. The number of nitrogens with zero attached hydrogens (tertiary/aromatic N) is 2. The lowest BCUT2D eigenvalue weighted by molar-refractivity contribution is 0.138. The summed E-state index contributed by atoms with van der Waals surface area (Å²) in [5.41, 5.74) is 2.25. The highest BCUT2D eigenvalue weighted by Crippen LogP contribution is 2.17. The smallest absolute Gasteiger partial charge is 0.0746 e. The minimum absolute atomic E-state index is 0.303. The van der Waals surface area contributed by atoms with E-state index in [4.69, 9.17) is 0 Å². The first-order chi connectivity index (χ1) is 8.16. The van der Waals surface area contributed by atoms with Crippen molar-refractivity contribution in [2.45, 2.75) is 19.6 Å². The molecule has 1 aromatic carbocycles. The van der Waals surface area contributed by atoms with E-state index in [0.29, 0.717) is 6.54 Å². The van der Waals surface area contributed by atoms with Crippen LogP contribution in [0.5, 0.6) is 0 Å². The quantitative estimate of drug-likeness (QED) is 0.873. The van der Waals surface area contributed by atoms with Gasteiger partial charge in [0.05, 0.1) is 11.6 Å². The molecule has 1 aromatic heterocycles. The summed E-state index contributed by atoms with van der Waals surface area (Å²) < 4.78 is 0. The summed E-state index contributed by atoms with van der Waals surface area (Å²) >= 11 is 0. The highest BCUT2D eigenvalue weighted by molar-refractivity contribution is 5.81. The second-order valence-electron chi connectivity index (χ2n) is 4.54. The van der Waals surface area contributed by atoms with Crippen LogP contribution < -0.4 is 0 Å². The average Bonchev–Trinajstić information content (AvgIpc) is 2.28. The molecule has 2 rings (SSSR count). The fraction of sp³-hybridized carbons (Fsp3) is 0.357. The summed E-state index contributed by atoms with van der Waals surface area (Å²) in [6.45, 7) is 3.28. The third-order valence-corrected chi connectivity index (χ3v) is 2.73. The number of para-hydroxylation sites is 1. The average molecular weight is 230 g/mol. The van der Waals surface area contributed by atoms with Crippen LogP contribution >= 0.6 is 0 Å². The number of pyridine rings is 1. The summed E-state index contributed by atoms with van der Waals surface area (Å²) in [5.74, 6) is 0. The first kappa shape index (κ1) is 12.0. The van der Waals surface area contributed by atoms with E-state index in [1.165, 1.54) is 5.56 Å². The fourth-order valence-electron chi connectivity index (χ4n) is 2.10. The third kappa shape index (κ3) is 3.02. The Morgan fingerprint density at radius 1 is 1.29 bits per heavy atom. The number of aliphatic hydroxyl groups is 1. The molecule has 0 spiro atoms. The van der Waals surface area contributed by atoms with Gasteiger partial charge in [-0.25, -0.2) is 0 Å². The Hall–Kier alpha value is -1.45. The molecule has 1 atom stereocenters. The molecular weight excluding hydrogens is 212 g/mol. The van der Waals surface area contributed by atoms with Gasteiger partial charge in [0, 0.05) is 24.7 Å². The SMILES string of the molecule is CC(O)CN(C)Cc1cccc2cccnc12. The third-order valence-electron chi connectivity index (χ3n) is 2.73. The maximum Gasteiger partial charge on any atom is 0.0746 e.